The molecule has 0 saturated carbocycles. The molecule has 0 radical (unpaired) electrons. The summed E-state index contributed by atoms with van der Waals surface area (Å²) in [7, 11) is 0. The van der Waals surface area contributed by atoms with Crippen LogP contribution in [0.15, 0.2) is 30.7 Å². The van der Waals surface area contributed by atoms with Crippen molar-refractivity contribution in [3.05, 3.63) is 53.0 Å². The zero-order chi connectivity index (χ0) is 23.2. The summed E-state index contributed by atoms with van der Waals surface area (Å²) in [6.45, 7) is 6.06. The van der Waals surface area contributed by atoms with Gasteiger partial charge in [-0.1, -0.05) is 6.92 Å². The molecule has 33 heavy (non-hydrogen) atoms. The van der Waals surface area contributed by atoms with Crippen LogP contribution in [0.1, 0.15) is 46.8 Å². The van der Waals surface area contributed by atoms with E-state index < -0.39 is 0 Å². The molecule has 8 heteroatoms. The largest absolute Gasteiger partial charge is 0.396 e. The fourth-order valence-electron chi connectivity index (χ4n) is 5.14. The molecule has 1 aliphatic heterocycles. The Morgan fingerprint density at radius 2 is 1.91 bits per heavy atom. The summed E-state index contributed by atoms with van der Waals surface area (Å²) in [4.78, 5) is 20.0. The number of nitrogens with zero attached hydrogens (tertiary/aromatic N) is 4. The number of aromatic nitrogens is 3. The van der Waals surface area contributed by atoms with Crippen molar-refractivity contribution in [2.75, 3.05) is 36.5 Å². The highest BCUT2D eigenvalue weighted by Crippen LogP contribution is 2.42. The molecule has 174 valence electrons. The molecule has 1 saturated heterocycles. The molecule has 1 aromatic carbocycles. The number of fused-ring (bicyclic) bond motifs is 2. The quantitative estimate of drug-likeness (QED) is 0.553. The van der Waals surface area contributed by atoms with Crippen molar-refractivity contribution in [2.45, 2.75) is 39.5 Å². The fourth-order valence-corrected chi connectivity index (χ4v) is 5.14. The Bertz CT molecular complexity index is 1200. The third-order valence-corrected chi connectivity index (χ3v) is 7.13. The van der Waals surface area contributed by atoms with Crippen molar-refractivity contribution in [1.29, 1.82) is 0 Å². The Morgan fingerprint density at radius 3 is 2.61 bits per heavy atom. The Morgan fingerprint density at radius 1 is 1.18 bits per heavy atom. The predicted octanol–water partition coefficient (Wildman–Crippen LogP) is 2.60. The number of carbonyl (C=O) groups is 1. The van der Waals surface area contributed by atoms with Crippen LogP contribution in [0.3, 0.4) is 0 Å². The first kappa shape index (κ1) is 21.9. The summed E-state index contributed by atoms with van der Waals surface area (Å²) < 4.78 is 1.63. The third-order valence-electron chi connectivity index (χ3n) is 7.13. The Hall–Kier alpha value is -2.97. The summed E-state index contributed by atoms with van der Waals surface area (Å²) >= 11 is 0. The molecule has 1 aliphatic carbocycles. The van der Waals surface area contributed by atoms with Gasteiger partial charge in [0.2, 0.25) is 0 Å². The van der Waals surface area contributed by atoms with Crippen LogP contribution in [0, 0.1) is 18.3 Å². The topological polar surface area (TPSA) is 103 Å². The van der Waals surface area contributed by atoms with Gasteiger partial charge in [0.15, 0.2) is 5.65 Å². The lowest BCUT2D eigenvalue weighted by Gasteiger charge is -2.34. The molecule has 2 aliphatic rings. The highest BCUT2D eigenvalue weighted by molar-refractivity contribution is 6.09. The molecule has 5 rings (SSSR count). The monoisotopic (exact) mass is 449 g/mol. The first-order valence-electron chi connectivity index (χ1n) is 11.6. The van der Waals surface area contributed by atoms with Gasteiger partial charge >= 0.3 is 0 Å². The van der Waals surface area contributed by atoms with Crippen LogP contribution in [0.4, 0.5) is 11.4 Å². The number of amides is 1. The molecule has 3 N–H and O–H groups in total. The zero-order valence-corrected chi connectivity index (χ0v) is 19.2. The number of anilines is 2. The van der Waals surface area contributed by atoms with Gasteiger partial charge in [0.25, 0.3) is 5.91 Å². The zero-order valence-electron chi connectivity index (χ0n) is 19.2. The normalized spacial score (nSPS) is 20.9. The molecule has 1 atom stereocenters. The summed E-state index contributed by atoms with van der Waals surface area (Å²) in [5.41, 5.74) is 5.93. The first-order chi connectivity index (χ1) is 15.9. The molecule has 0 unspecified atom stereocenters. The van der Waals surface area contributed by atoms with Crippen molar-refractivity contribution >= 4 is 22.9 Å². The lowest BCUT2D eigenvalue weighted by atomic mass is 9.88. The maximum absolute atomic E-state index is 13.3. The van der Waals surface area contributed by atoms with E-state index >= 15 is 0 Å². The molecule has 8 nitrogen and oxygen atoms in total. The van der Waals surface area contributed by atoms with E-state index in [0.29, 0.717) is 17.1 Å². The minimum absolute atomic E-state index is 0.133. The molecule has 2 aromatic heterocycles. The lowest BCUT2D eigenvalue weighted by molar-refractivity contribution is 0.102. The molecule has 1 amide bonds. The van der Waals surface area contributed by atoms with Crippen LogP contribution in [-0.4, -0.2) is 57.0 Å². The van der Waals surface area contributed by atoms with Gasteiger partial charge in [0.1, 0.15) is 5.56 Å². The van der Waals surface area contributed by atoms with E-state index in [9.17, 15) is 15.0 Å². The highest BCUT2D eigenvalue weighted by atomic mass is 16.3. The Labute approximate surface area is 193 Å². The number of hydrogen-bond acceptors (Lipinski definition) is 6. The molecule has 0 bridgehead atoms. The van der Waals surface area contributed by atoms with Crippen LogP contribution in [0.25, 0.3) is 5.65 Å². The van der Waals surface area contributed by atoms with Crippen LogP contribution < -0.4 is 10.2 Å². The number of nitrogens with one attached hydrogen (secondary N) is 1. The SMILES string of the molecule is Cc1cnc2c(C(=O)Nc3cc4c(cc3N3CCC(CO)CC3)C[C@@](C)(CO)C4)cnn2c1. The van der Waals surface area contributed by atoms with E-state index in [1.54, 1.807) is 16.9 Å². The molecular formula is C25H31N5O3. The number of aliphatic hydroxyl groups is 2. The lowest BCUT2D eigenvalue weighted by Crippen LogP contribution is -2.35. The highest BCUT2D eigenvalue weighted by Gasteiger charge is 2.34. The average molecular weight is 450 g/mol. The standard InChI is InChI=1S/C25H31N5O3/c1-16-11-26-23-20(12-27-30(23)13-16)24(33)28-21-7-18-9-25(2,15-32)10-19(18)8-22(21)29-5-3-17(14-31)4-6-29/h7-8,11-13,17,31-32H,3-6,9-10,14-15H2,1-2H3,(H,28,33)/t25-/m0/s1. The van der Waals surface area contributed by atoms with E-state index in [4.69, 9.17) is 0 Å². The van der Waals surface area contributed by atoms with Gasteiger partial charge in [-0.2, -0.15) is 5.10 Å². The number of hydrogen-bond donors (Lipinski definition) is 3. The second kappa shape index (κ2) is 8.43. The van der Waals surface area contributed by atoms with Crippen molar-refractivity contribution in [1.82, 2.24) is 14.6 Å². The van der Waals surface area contributed by atoms with Gasteiger partial charge in [0, 0.05) is 38.7 Å². The smallest absolute Gasteiger partial charge is 0.261 e. The number of aliphatic hydroxyl groups excluding tert-OH is 2. The number of rotatable bonds is 5. The molecule has 3 heterocycles. The van der Waals surface area contributed by atoms with Crippen LogP contribution in [0.2, 0.25) is 0 Å². The first-order valence-corrected chi connectivity index (χ1v) is 11.6. The van der Waals surface area contributed by atoms with Gasteiger partial charge in [-0.05, 0) is 72.8 Å². The van der Waals surface area contributed by atoms with Gasteiger partial charge in [-0.15, -0.1) is 0 Å². The van der Waals surface area contributed by atoms with Crippen molar-refractivity contribution in [3.8, 4) is 0 Å². The predicted molar refractivity (Wildman–Crippen MR) is 127 cm³/mol. The Kier molecular flexibility index (Phi) is 5.58. The number of piperidine rings is 1. The fraction of sp³-hybridized carbons (Fsp3) is 0.480. The van der Waals surface area contributed by atoms with Gasteiger partial charge in [0.05, 0.1) is 17.6 Å². The van der Waals surface area contributed by atoms with Crippen LogP contribution in [0.5, 0.6) is 0 Å². The molecule has 1 fully saturated rings. The molecular weight excluding hydrogens is 418 g/mol. The van der Waals surface area contributed by atoms with Crippen molar-refractivity contribution in [2.24, 2.45) is 11.3 Å². The van der Waals surface area contributed by atoms with Crippen LogP contribution in [-0.2, 0) is 12.8 Å². The van der Waals surface area contributed by atoms with Crippen molar-refractivity contribution in [3.63, 3.8) is 0 Å². The van der Waals surface area contributed by atoms with Crippen molar-refractivity contribution < 1.29 is 15.0 Å². The molecule has 0 spiro atoms. The van der Waals surface area contributed by atoms with Gasteiger partial charge < -0.3 is 20.4 Å². The number of benzene rings is 1. The summed E-state index contributed by atoms with van der Waals surface area (Å²) in [5.74, 6) is 0.0930. The van der Waals surface area contributed by atoms with E-state index in [0.717, 1.165) is 55.7 Å². The second-order valence-electron chi connectivity index (χ2n) is 9.99. The minimum atomic E-state index is -0.240. The van der Waals surface area contributed by atoms with E-state index in [1.165, 1.54) is 11.1 Å². The van der Waals surface area contributed by atoms with E-state index in [-0.39, 0.29) is 24.5 Å². The summed E-state index contributed by atoms with van der Waals surface area (Å²) in [6, 6.07) is 4.26. The second-order valence-corrected chi connectivity index (χ2v) is 9.99. The number of aryl methyl sites for hydroxylation is 1. The average Bonchev–Trinajstić information content (AvgIpc) is 3.38. The third kappa shape index (κ3) is 4.09. The minimum Gasteiger partial charge on any atom is -0.396 e. The summed E-state index contributed by atoms with van der Waals surface area (Å²) in [5, 5.41) is 26.9. The van der Waals surface area contributed by atoms with Gasteiger partial charge in [-0.3, -0.25) is 4.79 Å². The maximum Gasteiger partial charge on any atom is 0.261 e. The van der Waals surface area contributed by atoms with E-state index in [1.807, 2.05) is 13.1 Å². The van der Waals surface area contributed by atoms with E-state index in [2.05, 4.69) is 39.4 Å². The summed E-state index contributed by atoms with van der Waals surface area (Å²) in [6.07, 6.45) is 8.59. The Balaban J connectivity index is 1.49. The van der Waals surface area contributed by atoms with Gasteiger partial charge in [-0.25, -0.2) is 9.50 Å². The number of carbonyl (C=O) groups excluding carboxylic acids is 1. The molecule has 3 aromatic rings. The van der Waals surface area contributed by atoms with Crippen LogP contribution >= 0.6 is 0 Å². The maximum atomic E-state index is 13.3.